The molecule has 0 aromatic heterocycles. The van der Waals surface area contributed by atoms with Crippen LogP contribution in [0.25, 0.3) is 0 Å². The summed E-state index contributed by atoms with van der Waals surface area (Å²) in [4.78, 5) is 28.8. The molecular weight excluding hydrogens is 368 g/mol. The van der Waals surface area contributed by atoms with Crippen LogP contribution in [-0.2, 0) is 6.42 Å². The predicted octanol–water partition coefficient (Wildman–Crippen LogP) is 2.45. The zero-order valence-corrected chi connectivity index (χ0v) is 17.0. The number of nitrogens with zero attached hydrogens (tertiary/aromatic N) is 2. The van der Waals surface area contributed by atoms with Gasteiger partial charge in [-0.15, -0.1) is 0 Å². The molecule has 0 bridgehead atoms. The number of urea groups is 1. The van der Waals surface area contributed by atoms with Crippen LogP contribution in [0.3, 0.4) is 0 Å². The zero-order chi connectivity index (χ0) is 20.6. The van der Waals surface area contributed by atoms with Crippen LogP contribution in [0.1, 0.15) is 15.9 Å². The largest absolute Gasteiger partial charge is 0.496 e. The number of amides is 3. The van der Waals surface area contributed by atoms with E-state index in [1.54, 1.807) is 31.4 Å². The van der Waals surface area contributed by atoms with Crippen molar-refractivity contribution in [2.45, 2.75) is 6.42 Å². The third-order valence-electron chi connectivity index (χ3n) is 5.05. The van der Waals surface area contributed by atoms with Crippen LogP contribution in [0.4, 0.5) is 10.5 Å². The molecular formula is C22H28N4O3. The fourth-order valence-electron chi connectivity index (χ4n) is 3.28. The van der Waals surface area contributed by atoms with Crippen LogP contribution in [0, 0.1) is 0 Å². The minimum Gasteiger partial charge on any atom is -0.496 e. The lowest BCUT2D eigenvalue weighted by atomic mass is 10.1. The first-order valence-corrected chi connectivity index (χ1v) is 9.81. The SMILES string of the molecule is COc1ccccc1CCNC(=O)Nc1ccc(C(=O)N2CCN(C)CC2)cc1. The molecule has 0 radical (unpaired) electrons. The van der Waals surface area contributed by atoms with Crippen molar-refractivity contribution >= 4 is 17.6 Å². The lowest BCUT2D eigenvalue weighted by Crippen LogP contribution is -2.47. The van der Waals surface area contributed by atoms with Gasteiger partial charge < -0.3 is 25.2 Å². The standard InChI is InChI=1S/C22H28N4O3/c1-25-13-15-26(16-14-25)21(27)18-7-9-19(10-8-18)24-22(28)23-12-11-17-5-3-4-6-20(17)29-2/h3-10H,11-16H2,1-2H3,(H2,23,24,28). The molecule has 154 valence electrons. The Balaban J connectivity index is 1.46. The molecule has 1 fully saturated rings. The molecule has 1 aliphatic heterocycles. The molecule has 3 amide bonds. The summed E-state index contributed by atoms with van der Waals surface area (Å²) in [5.74, 6) is 0.848. The Morgan fingerprint density at radius 3 is 2.38 bits per heavy atom. The summed E-state index contributed by atoms with van der Waals surface area (Å²) in [7, 11) is 3.70. The summed E-state index contributed by atoms with van der Waals surface area (Å²) in [6.07, 6.45) is 0.676. The molecule has 7 heteroatoms. The topological polar surface area (TPSA) is 73.9 Å². The Hall–Kier alpha value is -3.06. The van der Waals surface area contributed by atoms with Crippen molar-refractivity contribution in [1.29, 1.82) is 0 Å². The van der Waals surface area contributed by atoms with E-state index in [9.17, 15) is 9.59 Å². The second kappa shape index (κ2) is 9.93. The van der Waals surface area contributed by atoms with Gasteiger partial charge in [0.25, 0.3) is 5.91 Å². The highest BCUT2D eigenvalue weighted by Gasteiger charge is 2.20. The smallest absolute Gasteiger partial charge is 0.319 e. The Bertz CT molecular complexity index is 830. The molecule has 0 aliphatic carbocycles. The summed E-state index contributed by atoms with van der Waals surface area (Å²) in [6, 6.07) is 14.5. The number of likely N-dealkylation sites (N-methyl/N-ethyl adjacent to an activating group) is 1. The Morgan fingerprint density at radius 2 is 1.69 bits per heavy atom. The number of benzene rings is 2. The summed E-state index contributed by atoms with van der Waals surface area (Å²) < 4.78 is 5.32. The summed E-state index contributed by atoms with van der Waals surface area (Å²) in [6.45, 7) is 3.75. The Labute approximate surface area is 171 Å². The summed E-state index contributed by atoms with van der Waals surface area (Å²) >= 11 is 0. The van der Waals surface area contributed by atoms with Crippen LogP contribution in [0.2, 0.25) is 0 Å². The van der Waals surface area contributed by atoms with Gasteiger partial charge in [0, 0.05) is 44.0 Å². The van der Waals surface area contributed by atoms with E-state index in [0.29, 0.717) is 24.2 Å². The maximum atomic E-state index is 12.6. The highest BCUT2D eigenvalue weighted by Crippen LogP contribution is 2.17. The fraction of sp³-hybridized carbons (Fsp3) is 0.364. The first kappa shape index (κ1) is 20.7. The zero-order valence-electron chi connectivity index (χ0n) is 17.0. The molecule has 3 rings (SSSR count). The van der Waals surface area contributed by atoms with Gasteiger partial charge in [0.1, 0.15) is 5.75 Å². The van der Waals surface area contributed by atoms with Gasteiger partial charge in [0.15, 0.2) is 0 Å². The second-order valence-electron chi connectivity index (χ2n) is 7.12. The number of ether oxygens (including phenoxy) is 1. The van der Waals surface area contributed by atoms with Gasteiger partial charge in [-0.2, -0.15) is 0 Å². The van der Waals surface area contributed by atoms with Gasteiger partial charge >= 0.3 is 6.03 Å². The minimum atomic E-state index is -0.280. The first-order chi connectivity index (χ1) is 14.1. The summed E-state index contributed by atoms with van der Waals surface area (Å²) in [5, 5.41) is 5.63. The van der Waals surface area contributed by atoms with Crippen LogP contribution < -0.4 is 15.4 Å². The first-order valence-electron chi connectivity index (χ1n) is 9.81. The number of carbonyl (C=O) groups excluding carboxylic acids is 2. The Morgan fingerprint density at radius 1 is 1.00 bits per heavy atom. The molecule has 2 aromatic rings. The Kier molecular flexibility index (Phi) is 7.08. The van der Waals surface area contributed by atoms with Crippen LogP contribution >= 0.6 is 0 Å². The number of piperazine rings is 1. The lowest BCUT2D eigenvalue weighted by Gasteiger charge is -2.32. The quantitative estimate of drug-likeness (QED) is 0.787. The average Bonchev–Trinajstić information content (AvgIpc) is 2.74. The van der Waals surface area contributed by atoms with E-state index in [2.05, 4.69) is 22.6 Å². The molecule has 0 saturated carbocycles. The number of anilines is 1. The molecule has 29 heavy (non-hydrogen) atoms. The lowest BCUT2D eigenvalue weighted by molar-refractivity contribution is 0.0664. The van der Waals surface area contributed by atoms with Gasteiger partial charge in [0.05, 0.1) is 7.11 Å². The van der Waals surface area contributed by atoms with Crippen LogP contribution in [0.5, 0.6) is 5.75 Å². The molecule has 2 aromatic carbocycles. The number of nitrogens with one attached hydrogen (secondary N) is 2. The van der Waals surface area contributed by atoms with E-state index in [0.717, 1.165) is 37.5 Å². The van der Waals surface area contributed by atoms with Crippen molar-refractivity contribution in [1.82, 2.24) is 15.1 Å². The van der Waals surface area contributed by atoms with E-state index >= 15 is 0 Å². The third kappa shape index (κ3) is 5.71. The normalized spacial score (nSPS) is 14.3. The highest BCUT2D eigenvalue weighted by molar-refractivity contribution is 5.95. The number of para-hydroxylation sites is 1. The maximum Gasteiger partial charge on any atom is 0.319 e. The van der Waals surface area contributed by atoms with E-state index < -0.39 is 0 Å². The molecule has 2 N–H and O–H groups in total. The van der Waals surface area contributed by atoms with Crippen molar-refractivity contribution in [2.75, 3.05) is 52.2 Å². The molecule has 1 heterocycles. The van der Waals surface area contributed by atoms with E-state index in [4.69, 9.17) is 4.74 Å². The van der Waals surface area contributed by atoms with Gasteiger partial charge in [-0.3, -0.25) is 4.79 Å². The fourth-order valence-corrected chi connectivity index (χ4v) is 3.28. The number of hydrogen-bond donors (Lipinski definition) is 2. The van der Waals surface area contributed by atoms with Gasteiger partial charge in [-0.05, 0) is 49.4 Å². The average molecular weight is 396 g/mol. The molecule has 1 aliphatic rings. The number of rotatable bonds is 6. The van der Waals surface area contributed by atoms with Crippen molar-refractivity contribution in [3.8, 4) is 5.75 Å². The van der Waals surface area contributed by atoms with Crippen molar-refractivity contribution < 1.29 is 14.3 Å². The van der Waals surface area contributed by atoms with Gasteiger partial charge in [0.2, 0.25) is 0 Å². The van der Waals surface area contributed by atoms with Crippen molar-refractivity contribution in [3.05, 3.63) is 59.7 Å². The van der Waals surface area contributed by atoms with Crippen LogP contribution in [0.15, 0.2) is 48.5 Å². The van der Waals surface area contributed by atoms with Crippen LogP contribution in [-0.4, -0.2) is 68.6 Å². The van der Waals surface area contributed by atoms with E-state index in [1.807, 2.05) is 29.2 Å². The highest BCUT2D eigenvalue weighted by atomic mass is 16.5. The predicted molar refractivity (Wildman–Crippen MR) is 114 cm³/mol. The molecule has 0 unspecified atom stereocenters. The minimum absolute atomic E-state index is 0.0332. The van der Waals surface area contributed by atoms with Crippen molar-refractivity contribution in [2.24, 2.45) is 0 Å². The number of carbonyl (C=O) groups is 2. The maximum absolute atomic E-state index is 12.6. The monoisotopic (exact) mass is 396 g/mol. The third-order valence-corrected chi connectivity index (χ3v) is 5.05. The van der Waals surface area contributed by atoms with E-state index in [-0.39, 0.29) is 11.9 Å². The van der Waals surface area contributed by atoms with E-state index in [1.165, 1.54) is 0 Å². The van der Waals surface area contributed by atoms with Gasteiger partial charge in [-0.25, -0.2) is 4.79 Å². The molecule has 1 saturated heterocycles. The second-order valence-corrected chi connectivity index (χ2v) is 7.12. The van der Waals surface area contributed by atoms with Crippen molar-refractivity contribution in [3.63, 3.8) is 0 Å². The molecule has 0 atom stereocenters. The van der Waals surface area contributed by atoms with Gasteiger partial charge in [-0.1, -0.05) is 18.2 Å². The number of hydrogen-bond acceptors (Lipinski definition) is 4. The molecule has 7 nitrogen and oxygen atoms in total. The number of methoxy groups -OCH3 is 1. The molecule has 0 spiro atoms. The summed E-state index contributed by atoms with van der Waals surface area (Å²) in [5.41, 5.74) is 2.33.